The smallest absolute Gasteiger partial charge is 0.257 e. The van der Waals surface area contributed by atoms with Gasteiger partial charge in [0.05, 0.1) is 18.2 Å². The van der Waals surface area contributed by atoms with Crippen LogP contribution >= 0.6 is 0 Å². The number of halogens is 1. The molecule has 1 N–H and O–H groups in total. The minimum absolute atomic E-state index is 0.0776. The Hall–Kier alpha value is -2.68. The van der Waals surface area contributed by atoms with Crippen molar-refractivity contribution in [2.45, 2.75) is 38.0 Å². The summed E-state index contributed by atoms with van der Waals surface area (Å²) in [5.74, 6) is 1.08. The molecule has 0 aliphatic carbocycles. The van der Waals surface area contributed by atoms with Gasteiger partial charge in [-0.15, -0.1) is 0 Å². The Balaban J connectivity index is 1.16. The van der Waals surface area contributed by atoms with Crippen LogP contribution in [0.5, 0.6) is 11.5 Å². The molecule has 194 valence electrons. The molecular weight excluding hydrogens is 461 g/mol. The van der Waals surface area contributed by atoms with Crippen molar-refractivity contribution < 1.29 is 23.8 Å². The Bertz CT molecular complexity index is 1040. The maximum absolute atomic E-state index is 13.3. The summed E-state index contributed by atoms with van der Waals surface area (Å²) in [7, 11) is 0. The van der Waals surface area contributed by atoms with E-state index in [2.05, 4.69) is 34.1 Å². The highest BCUT2D eigenvalue weighted by molar-refractivity contribution is 5.97. The van der Waals surface area contributed by atoms with Crippen LogP contribution in [0.2, 0.25) is 0 Å². The van der Waals surface area contributed by atoms with Crippen molar-refractivity contribution in [2.75, 3.05) is 59.1 Å². The third-order valence-electron chi connectivity index (χ3n) is 7.44. The fourth-order valence-electron chi connectivity index (χ4n) is 5.47. The van der Waals surface area contributed by atoms with Gasteiger partial charge in [0.1, 0.15) is 30.9 Å². The van der Waals surface area contributed by atoms with Crippen LogP contribution in [0.1, 0.15) is 34.3 Å². The molecule has 5 rings (SSSR count). The molecular formula is C28H36FN3O4. The summed E-state index contributed by atoms with van der Waals surface area (Å²) in [6.07, 6.45) is 2.13. The van der Waals surface area contributed by atoms with E-state index >= 15 is 0 Å². The molecule has 1 saturated heterocycles. The first-order chi connectivity index (χ1) is 17.6. The summed E-state index contributed by atoms with van der Waals surface area (Å²) >= 11 is 0. The highest BCUT2D eigenvalue weighted by atomic mass is 19.1. The van der Waals surface area contributed by atoms with Crippen molar-refractivity contribution in [3.63, 3.8) is 0 Å². The number of benzene rings is 2. The number of nitrogens with zero attached hydrogens (tertiary/aromatic N) is 3. The van der Waals surface area contributed by atoms with Crippen LogP contribution in [0.4, 0.5) is 4.39 Å². The Morgan fingerprint density at radius 1 is 1.03 bits per heavy atom. The number of likely N-dealkylation sites (tertiary alicyclic amines) is 1. The Morgan fingerprint density at radius 2 is 1.83 bits per heavy atom. The molecule has 0 radical (unpaired) electrons. The van der Waals surface area contributed by atoms with Gasteiger partial charge >= 0.3 is 0 Å². The first kappa shape index (κ1) is 25.0. The number of β-amino-alcohol motifs (C(OH)–C–C–N with tert-alkyl or cyclic N) is 1. The van der Waals surface area contributed by atoms with Crippen molar-refractivity contribution in [1.82, 2.24) is 14.7 Å². The molecule has 3 heterocycles. The van der Waals surface area contributed by atoms with Gasteiger partial charge in [-0.2, -0.15) is 0 Å². The molecule has 1 fully saturated rings. The zero-order chi connectivity index (χ0) is 24.9. The first-order valence-corrected chi connectivity index (χ1v) is 13.1. The van der Waals surface area contributed by atoms with Gasteiger partial charge in [-0.1, -0.05) is 24.3 Å². The van der Waals surface area contributed by atoms with Gasteiger partial charge in [0.15, 0.2) is 0 Å². The first-order valence-electron chi connectivity index (χ1n) is 13.1. The van der Waals surface area contributed by atoms with E-state index in [1.54, 1.807) is 17.0 Å². The number of carbonyl (C=O) groups is 1. The zero-order valence-corrected chi connectivity index (χ0v) is 20.8. The molecule has 0 aromatic heterocycles. The van der Waals surface area contributed by atoms with Gasteiger partial charge in [0.25, 0.3) is 5.91 Å². The second-order valence-corrected chi connectivity index (χ2v) is 10.0. The number of rotatable bonds is 8. The number of amides is 1. The van der Waals surface area contributed by atoms with Gasteiger partial charge in [0.2, 0.25) is 0 Å². The van der Waals surface area contributed by atoms with Crippen LogP contribution in [-0.2, 0) is 13.0 Å². The summed E-state index contributed by atoms with van der Waals surface area (Å²) in [5, 5.41) is 10.8. The van der Waals surface area contributed by atoms with Crippen LogP contribution in [0.3, 0.4) is 0 Å². The lowest BCUT2D eigenvalue weighted by atomic mass is 10.00. The summed E-state index contributed by atoms with van der Waals surface area (Å²) in [6.45, 7) is 5.16. The zero-order valence-electron chi connectivity index (χ0n) is 20.8. The number of fused-ring (bicyclic) bond motifs is 2. The van der Waals surface area contributed by atoms with Gasteiger partial charge in [-0.3, -0.25) is 9.69 Å². The Kier molecular flexibility index (Phi) is 8.04. The van der Waals surface area contributed by atoms with E-state index in [0.717, 1.165) is 45.4 Å². The molecule has 3 aliphatic rings. The van der Waals surface area contributed by atoms with Crippen LogP contribution in [-0.4, -0.2) is 97.0 Å². The predicted octanol–water partition coefficient (Wildman–Crippen LogP) is 2.75. The van der Waals surface area contributed by atoms with Crippen LogP contribution < -0.4 is 9.47 Å². The highest BCUT2D eigenvalue weighted by Crippen LogP contribution is 2.30. The molecule has 1 atom stereocenters. The molecule has 2 aromatic rings. The van der Waals surface area contributed by atoms with Gasteiger partial charge in [-0.25, -0.2) is 4.39 Å². The summed E-state index contributed by atoms with van der Waals surface area (Å²) < 4.78 is 24.6. The van der Waals surface area contributed by atoms with Crippen molar-refractivity contribution in [2.24, 2.45) is 0 Å². The lowest BCUT2D eigenvalue weighted by Crippen LogP contribution is -2.44. The Labute approximate surface area is 212 Å². The van der Waals surface area contributed by atoms with Crippen molar-refractivity contribution in [3.8, 4) is 11.5 Å². The lowest BCUT2D eigenvalue weighted by Gasteiger charge is -2.32. The molecule has 36 heavy (non-hydrogen) atoms. The summed E-state index contributed by atoms with van der Waals surface area (Å²) in [6, 6.07) is 13.8. The van der Waals surface area contributed by atoms with E-state index in [-0.39, 0.29) is 25.2 Å². The lowest BCUT2D eigenvalue weighted by molar-refractivity contribution is 0.0501. The monoisotopic (exact) mass is 497 g/mol. The standard InChI is InChI=1S/C28H36FN3O4/c29-10-14-30-12-8-24(9-13-30)36-25-5-6-26-27(17-25)35-16-15-32(28(26)34)20-23(33)19-31-11-7-21-3-1-2-4-22(21)18-31/h1-6,17,23-24,33H,7-16,18-20H2/t23-/m1/s1. The van der Waals surface area contributed by atoms with Gasteiger partial charge in [0, 0.05) is 51.9 Å². The number of aliphatic hydroxyl groups is 1. The van der Waals surface area contributed by atoms with Crippen LogP contribution in [0.15, 0.2) is 42.5 Å². The summed E-state index contributed by atoms with van der Waals surface area (Å²) in [4.78, 5) is 19.3. The number of piperidine rings is 1. The molecule has 0 saturated carbocycles. The largest absolute Gasteiger partial charge is 0.491 e. The fraction of sp³-hybridized carbons (Fsp3) is 0.536. The van der Waals surface area contributed by atoms with Crippen molar-refractivity contribution >= 4 is 5.91 Å². The highest BCUT2D eigenvalue weighted by Gasteiger charge is 2.28. The molecule has 8 heteroatoms. The quantitative estimate of drug-likeness (QED) is 0.605. The minimum Gasteiger partial charge on any atom is -0.491 e. The fourth-order valence-corrected chi connectivity index (χ4v) is 5.47. The van der Waals surface area contributed by atoms with E-state index in [9.17, 15) is 14.3 Å². The molecule has 7 nitrogen and oxygen atoms in total. The Morgan fingerprint density at radius 3 is 2.64 bits per heavy atom. The second kappa shape index (κ2) is 11.6. The number of ether oxygens (including phenoxy) is 2. The number of alkyl halides is 1. The van der Waals surface area contributed by atoms with Gasteiger partial charge < -0.3 is 24.4 Å². The topological polar surface area (TPSA) is 65.5 Å². The van der Waals surface area contributed by atoms with Crippen LogP contribution in [0.25, 0.3) is 0 Å². The maximum atomic E-state index is 13.3. The van der Waals surface area contributed by atoms with Gasteiger partial charge in [-0.05, 0) is 42.5 Å². The van der Waals surface area contributed by atoms with E-state index in [4.69, 9.17) is 9.47 Å². The van der Waals surface area contributed by atoms with E-state index in [1.165, 1.54) is 11.1 Å². The molecule has 0 unspecified atom stereocenters. The minimum atomic E-state index is -0.633. The predicted molar refractivity (Wildman–Crippen MR) is 135 cm³/mol. The average Bonchev–Trinajstić information content (AvgIpc) is 3.03. The third kappa shape index (κ3) is 5.99. The van der Waals surface area contributed by atoms with E-state index in [1.807, 2.05) is 6.07 Å². The number of aliphatic hydroxyl groups excluding tert-OH is 1. The van der Waals surface area contributed by atoms with E-state index < -0.39 is 6.10 Å². The molecule has 2 aromatic carbocycles. The third-order valence-corrected chi connectivity index (χ3v) is 7.44. The summed E-state index contributed by atoms with van der Waals surface area (Å²) in [5.41, 5.74) is 3.19. The van der Waals surface area contributed by atoms with Crippen LogP contribution in [0, 0.1) is 0 Å². The number of hydrogen-bond donors (Lipinski definition) is 1. The van der Waals surface area contributed by atoms with E-state index in [0.29, 0.717) is 43.3 Å². The number of hydrogen-bond acceptors (Lipinski definition) is 6. The van der Waals surface area contributed by atoms with Crippen molar-refractivity contribution in [3.05, 3.63) is 59.2 Å². The average molecular weight is 498 g/mol. The molecule has 0 bridgehead atoms. The normalized spacial score (nSPS) is 20.3. The maximum Gasteiger partial charge on any atom is 0.257 e. The number of carbonyl (C=O) groups excluding carboxylic acids is 1. The molecule has 3 aliphatic heterocycles. The second-order valence-electron chi connectivity index (χ2n) is 10.0. The SMILES string of the molecule is O=C1c2ccc(OC3CCN(CCF)CC3)cc2OCCN1C[C@H](O)CN1CCc2ccccc2C1. The molecule has 1 amide bonds. The van der Waals surface area contributed by atoms with Crippen molar-refractivity contribution in [1.29, 1.82) is 0 Å². The molecule has 0 spiro atoms.